The van der Waals surface area contributed by atoms with E-state index in [0.717, 1.165) is 12.8 Å². The van der Waals surface area contributed by atoms with E-state index < -0.39 is 0 Å². The minimum Gasteiger partial charge on any atom is -0.461 e. The summed E-state index contributed by atoms with van der Waals surface area (Å²) in [5.74, 6) is -0.0790. The highest BCUT2D eigenvalue weighted by Gasteiger charge is 2.01. The number of allylic oxidation sites excluding steroid dienone is 7. The van der Waals surface area contributed by atoms with Crippen LogP contribution >= 0.6 is 0 Å². The molecule has 0 aromatic heterocycles. The van der Waals surface area contributed by atoms with Gasteiger partial charge in [-0.1, -0.05) is 127 Å². The molecule has 0 saturated carbocycles. The first kappa shape index (κ1) is 26.4. The summed E-state index contributed by atoms with van der Waals surface area (Å²) in [5, 5.41) is 0. The Morgan fingerprint density at radius 1 is 0.643 bits per heavy atom. The van der Waals surface area contributed by atoms with Crippen LogP contribution in [0.25, 0.3) is 0 Å². The molecule has 2 nitrogen and oxygen atoms in total. The van der Waals surface area contributed by atoms with Gasteiger partial charge in [0, 0.05) is 6.42 Å². The van der Waals surface area contributed by atoms with E-state index in [9.17, 15) is 4.79 Å². The summed E-state index contributed by atoms with van der Waals surface area (Å²) >= 11 is 0. The lowest BCUT2D eigenvalue weighted by molar-refractivity contribution is -0.142. The normalized spacial score (nSPS) is 12.2. The quantitative estimate of drug-likeness (QED) is 0.126. The van der Waals surface area contributed by atoms with Crippen LogP contribution in [0.1, 0.15) is 104 Å². The number of hydrogen-bond donors (Lipinski definition) is 0. The van der Waals surface area contributed by atoms with E-state index in [2.05, 4.69) is 6.92 Å². The third-order valence-electron chi connectivity index (χ3n) is 4.71. The molecule has 0 amide bonds. The van der Waals surface area contributed by atoms with Gasteiger partial charge in [-0.2, -0.15) is 0 Å². The molecule has 0 radical (unpaired) electrons. The van der Waals surface area contributed by atoms with Crippen molar-refractivity contribution in [2.45, 2.75) is 104 Å². The van der Waals surface area contributed by atoms with Gasteiger partial charge < -0.3 is 4.74 Å². The van der Waals surface area contributed by atoms with E-state index in [1.807, 2.05) is 55.5 Å². The predicted octanol–water partition coefficient (Wildman–Crippen LogP) is 8.26. The van der Waals surface area contributed by atoms with Crippen molar-refractivity contribution in [3.63, 3.8) is 0 Å². The molecular formula is C26H44O2. The van der Waals surface area contributed by atoms with Gasteiger partial charge in [0.25, 0.3) is 0 Å². The molecule has 0 rings (SSSR count). The molecule has 0 spiro atoms. The van der Waals surface area contributed by atoms with E-state index in [4.69, 9.17) is 4.74 Å². The van der Waals surface area contributed by atoms with Gasteiger partial charge in [-0.25, -0.2) is 0 Å². The monoisotopic (exact) mass is 388 g/mol. The maximum atomic E-state index is 11.7. The lowest BCUT2D eigenvalue weighted by Crippen LogP contribution is -2.03. The second-order valence-electron chi connectivity index (χ2n) is 7.40. The number of unbranched alkanes of at least 4 members (excludes halogenated alkanes) is 12. The number of hydrogen-bond acceptors (Lipinski definition) is 2. The third kappa shape index (κ3) is 22.5. The van der Waals surface area contributed by atoms with Gasteiger partial charge in [-0.3, -0.25) is 4.79 Å². The summed E-state index contributed by atoms with van der Waals surface area (Å²) < 4.78 is 5.21. The van der Waals surface area contributed by atoms with Crippen molar-refractivity contribution in [1.82, 2.24) is 0 Å². The van der Waals surface area contributed by atoms with Crippen LogP contribution in [0.4, 0.5) is 0 Å². The maximum Gasteiger partial charge on any atom is 0.306 e. The fourth-order valence-corrected chi connectivity index (χ4v) is 3.00. The number of rotatable bonds is 19. The summed E-state index contributed by atoms with van der Waals surface area (Å²) in [7, 11) is 0. The Morgan fingerprint density at radius 3 is 1.64 bits per heavy atom. The highest BCUT2D eigenvalue weighted by molar-refractivity contribution is 5.69. The van der Waals surface area contributed by atoms with Crippen LogP contribution in [0.3, 0.4) is 0 Å². The summed E-state index contributed by atoms with van der Waals surface area (Å²) in [6.45, 7) is 4.62. The van der Waals surface area contributed by atoms with Crippen LogP contribution < -0.4 is 0 Å². The molecule has 0 unspecified atom stereocenters. The minimum absolute atomic E-state index is 0.0790. The number of ether oxygens (including phenoxy) is 1. The lowest BCUT2D eigenvalue weighted by Gasteiger charge is -2.03. The molecule has 0 fully saturated rings. The first-order chi connectivity index (χ1) is 13.8. The number of esters is 1. The van der Waals surface area contributed by atoms with Crippen molar-refractivity contribution >= 4 is 5.97 Å². The second-order valence-corrected chi connectivity index (χ2v) is 7.40. The highest BCUT2D eigenvalue weighted by atomic mass is 16.5. The molecule has 0 aliphatic rings. The Bertz CT molecular complexity index is 443. The molecular weight excluding hydrogens is 344 g/mol. The van der Waals surface area contributed by atoms with Gasteiger partial charge in [0.15, 0.2) is 0 Å². The van der Waals surface area contributed by atoms with Crippen LogP contribution in [0.2, 0.25) is 0 Å². The largest absolute Gasteiger partial charge is 0.461 e. The second kappa shape index (κ2) is 23.5. The lowest BCUT2D eigenvalue weighted by atomic mass is 10.0. The van der Waals surface area contributed by atoms with E-state index in [-0.39, 0.29) is 5.97 Å². The van der Waals surface area contributed by atoms with Crippen LogP contribution in [0.15, 0.2) is 48.6 Å². The van der Waals surface area contributed by atoms with Crippen molar-refractivity contribution in [2.75, 3.05) is 6.61 Å². The van der Waals surface area contributed by atoms with Gasteiger partial charge >= 0.3 is 5.97 Å². The van der Waals surface area contributed by atoms with E-state index in [0.29, 0.717) is 13.0 Å². The van der Waals surface area contributed by atoms with Crippen molar-refractivity contribution < 1.29 is 9.53 Å². The first-order valence-corrected chi connectivity index (χ1v) is 11.6. The summed E-state index contributed by atoms with van der Waals surface area (Å²) in [4.78, 5) is 11.7. The molecule has 0 bridgehead atoms. The first-order valence-electron chi connectivity index (χ1n) is 11.6. The van der Waals surface area contributed by atoms with Crippen LogP contribution in [-0.4, -0.2) is 12.6 Å². The van der Waals surface area contributed by atoms with Gasteiger partial charge in [-0.05, 0) is 19.4 Å². The molecule has 160 valence electrons. The van der Waals surface area contributed by atoms with E-state index in [1.165, 1.54) is 70.6 Å². The Kier molecular flexibility index (Phi) is 22.2. The molecule has 0 atom stereocenters. The van der Waals surface area contributed by atoms with Gasteiger partial charge in [0.1, 0.15) is 6.61 Å². The summed E-state index contributed by atoms with van der Waals surface area (Å²) in [6, 6.07) is 0. The van der Waals surface area contributed by atoms with E-state index >= 15 is 0 Å². The van der Waals surface area contributed by atoms with Crippen LogP contribution in [0, 0.1) is 0 Å². The average molecular weight is 389 g/mol. The van der Waals surface area contributed by atoms with Crippen LogP contribution in [0.5, 0.6) is 0 Å². The zero-order chi connectivity index (χ0) is 20.5. The van der Waals surface area contributed by atoms with E-state index in [1.54, 1.807) is 0 Å². The Morgan fingerprint density at radius 2 is 1.11 bits per heavy atom. The Hall–Kier alpha value is -1.57. The molecule has 28 heavy (non-hydrogen) atoms. The fraction of sp³-hybridized carbons (Fsp3) is 0.654. The number of carbonyl (C=O) groups is 1. The van der Waals surface area contributed by atoms with Crippen LogP contribution in [-0.2, 0) is 9.53 Å². The molecule has 0 aliphatic heterocycles. The average Bonchev–Trinajstić information content (AvgIpc) is 2.70. The van der Waals surface area contributed by atoms with Crippen molar-refractivity contribution in [1.29, 1.82) is 0 Å². The zero-order valence-corrected chi connectivity index (χ0v) is 18.5. The molecule has 0 aliphatic carbocycles. The standard InChI is InChI=1S/C26H44O2/c1-3-5-7-9-11-13-14-15-16-17-18-20-22-24-26(27)28-25-23-21-19-12-10-8-6-4-2/h4,6,8,10,12,19,21,23H,3,5,7,9,11,13-18,20,22,24-25H2,1-2H3/b6-4+,10-8+,19-12+,23-21+. The Balaban J connectivity index is 3.33. The summed E-state index contributed by atoms with van der Waals surface area (Å²) in [6.07, 6.45) is 33.3. The summed E-state index contributed by atoms with van der Waals surface area (Å²) in [5.41, 5.74) is 0. The molecule has 2 heteroatoms. The van der Waals surface area contributed by atoms with Gasteiger partial charge in [0.2, 0.25) is 0 Å². The van der Waals surface area contributed by atoms with Crippen molar-refractivity contribution in [3.8, 4) is 0 Å². The zero-order valence-electron chi connectivity index (χ0n) is 18.5. The topological polar surface area (TPSA) is 26.3 Å². The van der Waals surface area contributed by atoms with Gasteiger partial charge in [-0.15, -0.1) is 0 Å². The Labute approximate surface area is 174 Å². The molecule has 0 aromatic rings. The maximum absolute atomic E-state index is 11.7. The van der Waals surface area contributed by atoms with Crippen molar-refractivity contribution in [2.24, 2.45) is 0 Å². The molecule has 0 heterocycles. The smallest absolute Gasteiger partial charge is 0.306 e. The van der Waals surface area contributed by atoms with Crippen molar-refractivity contribution in [3.05, 3.63) is 48.6 Å². The molecule has 0 saturated heterocycles. The van der Waals surface area contributed by atoms with Gasteiger partial charge in [0.05, 0.1) is 0 Å². The predicted molar refractivity (Wildman–Crippen MR) is 124 cm³/mol. The third-order valence-corrected chi connectivity index (χ3v) is 4.71. The highest BCUT2D eigenvalue weighted by Crippen LogP contribution is 2.13. The number of carbonyl (C=O) groups excluding carboxylic acids is 1. The minimum atomic E-state index is -0.0790. The molecule has 0 aromatic carbocycles. The SMILES string of the molecule is C/C=C/C=C/C=C/C=C/COC(=O)CCCCCCCCCCCCCCC. The fourth-order valence-electron chi connectivity index (χ4n) is 3.00. The molecule has 0 N–H and O–H groups in total.